The number of hydrogen-bond donors (Lipinski definition) is 1. The Balaban J connectivity index is 1.56. The van der Waals surface area contributed by atoms with Crippen molar-refractivity contribution >= 4 is 28.2 Å². The second-order valence-electron chi connectivity index (χ2n) is 7.63. The maximum Gasteiger partial charge on any atom is 0.346 e. The molecule has 0 atom stereocenters. The molecule has 0 radical (unpaired) electrons. The standard InChI is InChI=1S/C20H26N4O4S/c1-28-19(26)17-13-8-4-2-5-9-14(13)29-18(17)21-16(25)12-24-20(27)23-11-7-3-6-10-15(23)22-24/h2-12H2,1H3,(H,21,25). The third-order valence-corrected chi connectivity index (χ3v) is 6.85. The minimum absolute atomic E-state index is 0.165. The maximum absolute atomic E-state index is 12.7. The minimum atomic E-state index is -0.425. The van der Waals surface area contributed by atoms with E-state index in [-0.39, 0.29) is 18.1 Å². The van der Waals surface area contributed by atoms with E-state index in [0.717, 1.165) is 74.1 Å². The van der Waals surface area contributed by atoms with Gasteiger partial charge in [-0.25, -0.2) is 14.3 Å². The van der Waals surface area contributed by atoms with Gasteiger partial charge in [0.2, 0.25) is 5.91 Å². The van der Waals surface area contributed by atoms with E-state index in [9.17, 15) is 14.4 Å². The molecule has 1 aliphatic heterocycles. The van der Waals surface area contributed by atoms with Gasteiger partial charge in [0.25, 0.3) is 0 Å². The first-order valence-electron chi connectivity index (χ1n) is 10.3. The number of carbonyl (C=O) groups is 2. The zero-order valence-electron chi connectivity index (χ0n) is 16.7. The molecule has 1 amide bonds. The van der Waals surface area contributed by atoms with Gasteiger partial charge < -0.3 is 10.1 Å². The fourth-order valence-electron chi connectivity index (χ4n) is 4.18. The number of aromatic nitrogens is 3. The van der Waals surface area contributed by atoms with Crippen LogP contribution < -0.4 is 11.0 Å². The Morgan fingerprint density at radius 1 is 1.10 bits per heavy atom. The van der Waals surface area contributed by atoms with E-state index in [2.05, 4.69) is 10.4 Å². The number of fused-ring (bicyclic) bond motifs is 2. The van der Waals surface area contributed by atoms with Crippen molar-refractivity contribution in [3.63, 3.8) is 0 Å². The summed E-state index contributed by atoms with van der Waals surface area (Å²) in [6.07, 6.45) is 8.77. The first-order valence-corrected chi connectivity index (χ1v) is 11.1. The fraction of sp³-hybridized carbons (Fsp3) is 0.600. The number of methoxy groups -OCH3 is 1. The number of thiophene rings is 1. The monoisotopic (exact) mass is 418 g/mol. The first-order chi connectivity index (χ1) is 14.1. The van der Waals surface area contributed by atoms with Crippen LogP contribution in [-0.4, -0.2) is 33.3 Å². The highest BCUT2D eigenvalue weighted by Gasteiger charge is 2.26. The first kappa shape index (κ1) is 19.9. The maximum atomic E-state index is 12.7. The summed E-state index contributed by atoms with van der Waals surface area (Å²) in [5, 5.41) is 7.72. The topological polar surface area (TPSA) is 95.2 Å². The predicted molar refractivity (Wildman–Crippen MR) is 110 cm³/mol. The molecular formula is C20H26N4O4S. The van der Waals surface area contributed by atoms with Crippen molar-refractivity contribution in [2.24, 2.45) is 0 Å². The Hall–Kier alpha value is -2.42. The van der Waals surface area contributed by atoms with Crippen molar-refractivity contribution in [1.82, 2.24) is 14.3 Å². The number of rotatable bonds is 4. The number of esters is 1. The number of aryl methyl sites for hydroxylation is 2. The van der Waals surface area contributed by atoms with Crippen molar-refractivity contribution in [2.75, 3.05) is 12.4 Å². The lowest BCUT2D eigenvalue weighted by Crippen LogP contribution is -2.30. The highest BCUT2D eigenvalue weighted by Crippen LogP contribution is 2.37. The number of anilines is 1. The van der Waals surface area contributed by atoms with E-state index in [1.165, 1.54) is 23.1 Å². The third-order valence-electron chi connectivity index (χ3n) is 5.64. The Labute approximate surface area is 172 Å². The van der Waals surface area contributed by atoms with Gasteiger partial charge in [-0.3, -0.25) is 9.36 Å². The Morgan fingerprint density at radius 3 is 2.69 bits per heavy atom. The van der Waals surface area contributed by atoms with E-state index in [0.29, 0.717) is 17.1 Å². The molecule has 0 saturated heterocycles. The highest BCUT2D eigenvalue weighted by atomic mass is 32.1. The predicted octanol–water partition coefficient (Wildman–Crippen LogP) is 2.53. The molecule has 2 aliphatic rings. The highest BCUT2D eigenvalue weighted by molar-refractivity contribution is 7.17. The number of nitrogens with zero attached hydrogens (tertiary/aromatic N) is 3. The molecule has 0 bridgehead atoms. The van der Waals surface area contributed by atoms with Crippen molar-refractivity contribution in [1.29, 1.82) is 0 Å². The van der Waals surface area contributed by atoms with Crippen LogP contribution in [0.15, 0.2) is 4.79 Å². The Bertz CT molecular complexity index is 988. The van der Waals surface area contributed by atoms with E-state index in [1.807, 2.05) is 0 Å². The summed E-state index contributed by atoms with van der Waals surface area (Å²) in [7, 11) is 1.35. The molecule has 9 heteroatoms. The summed E-state index contributed by atoms with van der Waals surface area (Å²) in [6, 6.07) is 0. The van der Waals surface area contributed by atoms with Crippen LogP contribution in [0, 0.1) is 0 Å². The average Bonchev–Trinajstić information content (AvgIpc) is 2.97. The molecule has 0 spiro atoms. The van der Waals surface area contributed by atoms with Crippen LogP contribution in [-0.2, 0) is 41.9 Å². The van der Waals surface area contributed by atoms with Crippen LogP contribution in [0.1, 0.15) is 65.1 Å². The zero-order valence-corrected chi connectivity index (χ0v) is 17.5. The Kier molecular flexibility index (Phi) is 5.84. The molecule has 3 heterocycles. The molecule has 0 unspecified atom stereocenters. The van der Waals surface area contributed by atoms with E-state index < -0.39 is 5.97 Å². The Morgan fingerprint density at radius 2 is 1.86 bits per heavy atom. The summed E-state index contributed by atoms with van der Waals surface area (Å²) < 4.78 is 7.88. The summed E-state index contributed by atoms with van der Waals surface area (Å²) in [5.41, 5.74) is 1.23. The van der Waals surface area contributed by atoms with Crippen LogP contribution >= 0.6 is 11.3 Å². The van der Waals surface area contributed by atoms with Gasteiger partial charge in [-0.2, -0.15) is 5.10 Å². The van der Waals surface area contributed by atoms with Gasteiger partial charge in [-0.15, -0.1) is 11.3 Å². The van der Waals surface area contributed by atoms with E-state index in [1.54, 1.807) is 4.57 Å². The molecule has 29 heavy (non-hydrogen) atoms. The van der Waals surface area contributed by atoms with Crippen LogP contribution in [0.3, 0.4) is 0 Å². The van der Waals surface area contributed by atoms with Gasteiger partial charge >= 0.3 is 11.7 Å². The summed E-state index contributed by atoms with van der Waals surface area (Å²) in [4.78, 5) is 38.8. The van der Waals surface area contributed by atoms with Crippen LogP contribution in [0.5, 0.6) is 0 Å². The molecule has 0 saturated carbocycles. The number of amides is 1. The third kappa shape index (κ3) is 4.01. The SMILES string of the molecule is COC(=O)c1c(NC(=O)Cn2nc3n(c2=O)CCCCC3)sc2c1CCCCC2. The van der Waals surface area contributed by atoms with Crippen LogP contribution in [0.2, 0.25) is 0 Å². The largest absolute Gasteiger partial charge is 0.465 e. The lowest BCUT2D eigenvalue weighted by Gasteiger charge is -2.07. The lowest BCUT2D eigenvalue weighted by atomic mass is 10.1. The second kappa shape index (κ2) is 8.52. The van der Waals surface area contributed by atoms with Gasteiger partial charge in [-0.1, -0.05) is 12.8 Å². The van der Waals surface area contributed by atoms with E-state index >= 15 is 0 Å². The van der Waals surface area contributed by atoms with Crippen molar-refractivity contribution < 1.29 is 14.3 Å². The normalized spacial score (nSPS) is 16.3. The average molecular weight is 419 g/mol. The molecule has 0 fully saturated rings. The molecule has 8 nitrogen and oxygen atoms in total. The fourth-order valence-corrected chi connectivity index (χ4v) is 5.47. The summed E-state index contributed by atoms with van der Waals surface area (Å²) in [5.74, 6) is -0.0362. The molecule has 156 valence electrons. The molecule has 4 rings (SSSR count). The number of carbonyl (C=O) groups excluding carboxylic acids is 2. The second-order valence-corrected chi connectivity index (χ2v) is 8.73. The lowest BCUT2D eigenvalue weighted by molar-refractivity contribution is -0.116. The van der Waals surface area contributed by atoms with Crippen molar-refractivity contribution in [3.8, 4) is 0 Å². The number of hydrogen-bond acceptors (Lipinski definition) is 6. The molecule has 2 aromatic heterocycles. The number of ether oxygens (including phenoxy) is 1. The molecular weight excluding hydrogens is 392 g/mol. The summed E-state index contributed by atoms with van der Waals surface area (Å²) >= 11 is 1.45. The van der Waals surface area contributed by atoms with Gasteiger partial charge in [0.05, 0.1) is 12.7 Å². The van der Waals surface area contributed by atoms with Gasteiger partial charge in [0, 0.05) is 17.8 Å². The quantitative estimate of drug-likeness (QED) is 0.608. The minimum Gasteiger partial charge on any atom is -0.465 e. The van der Waals surface area contributed by atoms with Crippen LogP contribution in [0.25, 0.3) is 0 Å². The van der Waals surface area contributed by atoms with Crippen molar-refractivity contribution in [2.45, 2.75) is 70.9 Å². The van der Waals surface area contributed by atoms with Crippen LogP contribution in [0.4, 0.5) is 5.00 Å². The van der Waals surface area contributed by atoms with Crippen molar-refractivity contribution in [3.05, 3.63) is 32.3 Å². The smallest absolute Gasteiger partial charge is 0.346 e. The van der Waals surface area contributed by atoms with Gasteiger partial charge in [0.1, 0.15) is 17.4 Å². The van der Waals surface area contributed by atoms with Gasteiger partial charge in [-0.05, 0) is 44.1 Å². The molecule has 1 aliphatic carbocycles. The molecule has 2 aromatic rings. The van der Waals surface area contributed by atoms with E-state index in [4.69, 9.17) is 4.74 Å². The number of nitrogens with one attached hydrogen (secondary N) is 1. The molecule has 1 N–H and O–H groups in total. The van der Waals surface area contributed by atoms with Gasteiger partial charge in [0.15, 0.2) is 0 Å². The zero-order chi connectivity index (χ0) is 20.4. The summed E-state index contributed by atoms with van der Waals surface area (Å²) in [6.45, 7) is 0.488. The molecule has 0 aromatic carbocycles.